The Bertz CT molecular complexity index is 952. The summed E-state index contributed by atoms with van der Waals surface area (Å²) in [6.07, 6.45) is 6.22. The van der Waals surface area contributed by atoms with Crippen molar-refractivity contribution in [3.05, 3.63) is 41.0 Å². The predicted molar refractivity (Wildman–Crippen MR) is 132 cm³/mol. The van der Waals surface area contributed by atoms with Gasteiger partial charge in [0.05, 0.1) is 0 Å². The van der Waals surface area contributed by atoms with Crippen molar-refractivity contribution in [1.29, 1.82) is 0 Å². The van der Waals surface area contributed by atoms with Gasteiger partial charge in [0.15, 0.2) is 5.60 Å². The lowest BCUT2D eigenvalue weighted by molar-refractivity contribution is -0.145. The predicted octanol–water partition coefficient (Wildman–Crippen LogP) is 4.69. The molecule has 1 amide bonds. The highest BCUT2D eigenvalue weighted by molar-refractivity contribution is 6.30. The van der Waals surface area contributed by atoms with E-state index in [9.17, 15) is 4.79 Å². The number of aryl methyl sites for hydroxylation is 1. The Morgan fingerprint density at radius 1 is 1.06 bits per heavy atom. The van der Waals surface area contributed by atoms with Gasteiger partial charge in [0, 0.05) is 49.0 Å². The van der Waals surface area contributed by atoms with Gasteiger partial charge in [-0.15, -0.1) is 0 Å². The first-order valence-electron chi connectivity index (χ1n) is 11.9. The molecule has 1 saturated heterocycles. The molecule has 4 rings (SSSR count). The average Bonchev–Trinajstić information content (AvgIpc) is 2.80. The number of aromatic nitrogens is 2. The van der Waals surface area contributed by atoms with Crippen LogP contribution in [-0.2, 0) is 4.79 Å². The smallest absolute Gasteiger partial charge is 0.266 e. The van der Waals surface area contributed by atoms with Crippen LogP contribution in [0.15, 0.2) is 30.3 Å². The van der Waals surface area contributed by atoms with Crippen molar-refractivity contribution in [3.63, 3.8) is 0 Å². The topological polar surface area (TPSA) is 70.6 Å². The number of hydrogen-bond acceptors (Lipinski definition) is 6. The van der Waals surface area contributed by atoms with E-state index < -0.39 is 5.60 Å². The van der Waals surface area contributed by atoms with Crippen LogP contribution < -0.4 is 15.0 Å². The van der Waals surface area contributed by atoms with E-state index in [-0.39, 0.29) is 5.91 Å². The first-order chi connectivity index (χ1) is 15.8. The van der Waals surface area contributed by atoms with Crippen molar-refractivity contribution in [2.24, 2.45) is 0 Å². The lowest BCUT2D eigenvalue weighted by Gasteiger charge is -2.39. The highest BCUT2D eigenvalue weighted by atomic mass is 35.5. The van der Waals surface area contributed by atoms with Gasteiger partial charge in [-0.05, 0) is 57.9 Å². The molecular weight excluding hydrogens is 438 g/mol. The standard InChI is InChI=1S/C25H34ClN5O2/c1-18-17-22(29-24(27-18)28-20-7-5-4-6-8-20)30-13-15-31(16-14-30)23(32)25(2,3)33-21-11-9-19(26)10-12-21/h9-12,17,20H,4-8,13-16H2,1-3H3,(H,27,28,29). The third kappa shape index (κ3) is 6.08. The minimum absolute atomic E-state index is 0.0179. The number of rotatable bonds is 6. The molecule has 1 aliphatic heterocycles. The summed E-state index contributed by atoms with van der Waals surface area (Å²) in [5.41, 5.74) is -0.00666. The number of amides is 1. The Hall–Kier alpha value is -2.54. The van der Waals surface area contributed by atoms with Gasteiger partial charge in [-0.3, -0.25) is 4.79 Å². The summed E-state index contributed by atoms with van der Waals surface area (Å²) < 4.78 is 5.99. The number of nitrogens with one attached hydrogen (secondary N) is 1. The Morgan fingerprint density at radius 2 is 1.73 bits per heavy atom. The summed E-state index contributed by atoms with van der Waals surface area (Å²) in [6.45, 7) is 8.33. The van der Waals surface area contributed by atoms with E-state index in [1.54, 1.807) is 24.3 Å². The Labute approximate surface area is 201 Å². The third-order valence-corrected chi connectivity index (χ3v) is 6.62. The van der Waals surface area contributed by atoms with Crippen LogP contribution in [0.1, 0.15) is 51.6 Å². The molecule has 8 heteroatoms. The van der Waals surface area contributed by atoms with Crippen molar-refractivity contribution in [1.82, 2.24) is 14.9 Å². The maximum Gasteiger partial charge on any atom is 0.266 e. The molecule has 7 nitrogen and oxygen atoms in total. The number of nitrogens with zero attached hydrogens (tertiary/aromatic N) is 4. The number of carbonyl (C=O) groups is 1. The second-order valence-corrected chi connectivity index (χ2v) is 9.95. The molecule has 0 radical (unpaired) electrons. The minimum atomic E-state index is -0.960. The van der Waals surface area contributed by atoms with E-state index in [1.165, 1.54) is 32.1 Å². The number of ether oxygens (including phenoxy) is 1. The summed E-state index contributed by atoms with van der Waals surface area (Å²) in [4.78, 5) is 26.7. The molecule has 1 N–H and O–H groups in total. The van der Waals surface area contributed by atoms with E-state index in [2.05, 4.69) is 15.2 Å². The Balaban J connectivity index is 1.36. The van der Waals surface area contributed by atoms with Crippen LogP contribution in [0.2, 0.25) is 5.02 Å². The largest absolute Gasteiger partial charge is 0.478 e. The van der Waals surface area contributed by atoms with Gasteiger partial charge in [0.25, 0.3) is 5.91 Å². The van der Waals surface area contributed by atoms with Crippen LogP contribution in [0.3, 0.4) is 0 Å². The van der Waals surface area contributed by atoms with Crippen LogP contribution in [0.25, 0.3) is 0 Å². The summed E-state index contributed by atoms with van der Waals surface area (Å²) >= 11 is 5.95. The zero-order valence-electron chi connectivity index (χ0n) is 19.8. The summed E-state index contributed by atoms with van der Waals surface area (Å²) in [5, 5.41) is 4.18. The maximum atomic E-state index is 13.2. The number of anilines is 2. The second-order valence-electron chi connectivity index (χ2n) is 9.52. The quantitative estimate of drug-likeness (QED) is 0.659. The average molecular weight is 472 g/mol. The number of carbonyl (C=O) groups excluding carboxylic acids is 1. The number of piperazine rings is 1. The highest BCUT2D eigenvalue weighted by Gasteiger charge is 2.36. The molecule has 1 saturated carbocycles. The molecule has 0 bridgehead atoms. The van der Waals surface area contributed by atoms with Crippen LogP contribution in [0.4, 0.5) is 11.8 Å². The van der Waals surface area contributed by atoms with E-state index >= 15 is 0 Å². The lowest BCUT2D eigenvalue weighted by Crippen LogP contribution is -2.56. The molecule has 0 spiro atoms. The van der Waals surface area contributed by atoms with E-state index in [0.29, 0.717) is 35.9 Å². The van der Waals surface area contributed by atoms with Crippen LogP contribution in [-0.4, -0.2) is 58.6 Å². The lowest BCUT2D eigenvalue weighted by atomic mass is 9.96. The number of halogens is 1. The summed E-state index contributed by atoms with van der Waals surface area (Å²) in [5.74, 6) is 2.25. The molecule has 1 aromatic carbocycles. The second kappa shape index (κ2) is 10.2. The van der Waals surface area contributed by atoms with Crippen molar-refractivity contribution >= 4 is 29.3 Å². The third-order valence-electron chi connectivity index (χ3n) is 6.37. The molecular formula is C25H34ClN5O2. The van der Waals surface area contributed by atoms with Crippen LogP contribution in [0, 0.1) is 6.92 Å². The van der Waals surface area contributed by atoms with Gasteiger partial charge in [-0.25, -0.2) is 4.98 Å². The van der Waals surface area contributed by atoms with Crippen LogP contribution in [0.5, 0.6) is 5.75 Å². The zero-order valence-corrected chi connectivity index (χ0v) is 20.6. The highest BCUT2D eigenvalue weighted by Crippen LogP contribution is 2.25. The SMILES string of the molecule is Cc1cc(N2CCN(C(=O)C(C)(C)Oc3ccc(Cl)cc3)CC2)nc(NC2CCCCC2)n1. The first-order valence-corrected chi connectivity index (χ1v) is 12.3. The van der Waals surface area contributed by atoms with Crippen molar-refractivity contribution in [3.8, 4) is 5.75 Å². The fraction of sp³-hybridized carbons (Fsp3) is 0.560. The van der Waals surface area contributed by atoms with Crippen LogP contribution >= 0.6 is 11.6 Å². The Morgan fingerprint density at radius 3 is 2.39 bits per heavy atom. The van der Waals surface area contributed by atoms with Gasteiger partial charge < -0.3 is 19.9 Å². The molecule has 1 aliphatic carbocycles. The number of hydrogen-bond donors (Lipinski definition) is 1. The molecule has 0 atom stereocenters. The normalized spacial score (nSPS) is 17.7. The fourth-order valence-corrected chi connectivity index (χ4v) is 4.69. The van der Waals surface area contributed by atoms with Gasteiger partial charge in [0.1, 0.15) is 11.6 Å². The summed E-state index contributed by atoms with van der Waals surface area (Å²) in [6, 6.07) is 9.58. The molecule has 1 aromatic heterocycles. The van der Waals surface area contributed by atoms with Gasteiger partial charge in [-0.1, -0.05) is 30.9 Å². The van der Waals surface area contributed by atoms with E-state index in [4.69, 9.17) is 21.3 Å². The van der Waals surface area contributed by atoms with Crippen molar-refractivity contribution in [2.75, 3.05) is 36.4 Å². The Kier molecular flexibility index (Phi) is 7.27. The first kappa shape index (κ1) is 23.6. The van der Waals surface area contributed by atoms with Gasteiger partial charge >= 0.3 is 0 Å². The van der Waals surface area contributed by atoms with E-state index in [1.807, 2.05) is 31.7 Å². The molecule has 178 valence electrons. The maximum absolute atomic E-state index is 13.2. The van der Waals surface area contributed by atoms with Crippen molar-refractivity contribution < 1.29 is 9.53 Å². The van der Waals surface area contributed by atoms with E-state index in [0.717, 1.165) is 24.6 Å². The van der Waals surface area contributed by atoms with Gasteiger partial charge in [0.2, 0.25) is 5.95 Å². The summed E-state index contributed by atoms with van der Waals surface area (Å²) in [7, 11) is 0. The molecule has 2 aromatic rings. The molecule has 0 unspecified atom stereocenters. The monoisotopic (exact) mass is 471 g/mol. The van der Waals surface area contributed by atoms with Crippen molar-refractivity contribution in [2.45, 2.75) is 64.5 Å². The zero-order chi connectivity index (χ0) is 23.4. The minimum Gasteiger partial charge on any atom is -0.478 e. The molecule has 33 heavy (non-hydrogen) atoms. The van der Waals surface area contributed by atoms with Gasteiger partial charge in [-0.2, -0.15) is 4.98 Å². The molecule has 2 fully saturated rings. The fourth-order valence-electron chi connectivity index (χ4n) is 4.57. The molecule has 2 aliphatic rings. The molecule has 2 heterocycles. The number of benzene rings is 1.